The zero-order chi connectivity index (χ0) is 23.8. The Hall–Kier alpha value is -4.41. The van der Waals surface area contributed by atoms with Crippen LogP contribution in [0.3, 0.4) is 0 Å². The first-order chi connectivity index (χ1) is 15.7. The second-order valence-electron chi connectivity index (χ2n) is 6.89. The van der Waals surface area contributed by atoms with Crippen molar-refractivity contribution in [1.29, 1.82) is 0 Å². The average molecular weight is 455 g/mol. The molecule has 0 fully saturated rings. The standard InChI is InChI=1S/C22H16F3N5O3/c1-27-21(32)17-11-15(7-8-28-17)33-14-4-2-3-13(10-14)30-18-6-5-12(22(23,24)25)9-16(18)29-20(30)19(26)31/h2-11H,1H3,(H2,26,31)(H,27,32). The molecule has 0 aliphatic rings. The highest BCUT2D eigenvalue weighted by Gasteiger charge is 2.31. The lowest BCUT2D eigenvalue weighted by molar-refractivity contribution is -0.137. The summed E-state index contributed by atoms with van der Waals surface area (Å²) in [5.74, 6) is -0.849. The Balaban J connectivity index is 1.77. The van der Waals surface area contributed by atoms with Crippen LogP contribution in [0.15, 0.2) is 60.8 Å². The lowest BCUT2D eigenvalue weighted by Gasteiger charge is -2.11. The number of hydrogen-bond acceptors (Lipinski definition) is 5. The number of rotatable bonds is 5. The van der Waals surface area contributed by atoms with Crippen molar-refractivity contribution in [3.05, 3.63) is 77.9 Å². The van der Waals surface area contributed by atoms with Crippen LogP contribution in [0.25, 0.3) is 16.7 Å². The summed E-state index contributed by atoms with van der Waals surface area (Å²) < 4.78 is 46.4. The average Bonchev–Trinajstić information content (AvgIpc) is 3.17. The van der Waals surface area contributed by atoms with E-state index < -0.39 is 17.6 Å². The highest BCUT2D eigenvalue weighted by molar-refractivity contribution is 5.95. The third-order valence-corrected chi connectivity index (χ3v) is 4.70. The van der Waals surface area contributed by atoms with Crippen molar-refractivity contribution in [3.8, 4) is 17.2 Å². The second-order valence-corrected chi connectivity index (χ2v) is 6.89. The molecule has 168 valence electrons. The summed E-state index contributed by atoms with van der Waals surface area (Å²) in [6.07, 6.45) is -3.15. The Morgan fingerprint density at radius 2 is 1.82 bits per heavy atom. The van der Waals surface area contributed by atoms with Crippen LogP contribution in [0.4, 0.5) is 13.2 Å². The van der Waals surface area contributed by atoms with Crippen LogP contribution in [-0.2, 0) is 6.18 Å². The maximum atomic E-state index is 13.1. The summed E-state index contributed by atoms with van der Waals surface area (Å²) in [5.41, 5.74) is 5.33. The van der Waals surface area contributed by atoms with Crippen molar-refractivity contribution in [1.82, 2.24) is 19.9 Å². The molecular formula is C22H16F3N5O3. The molecule has 0 saturated carbocycles. The van der Waals surface area contributed by atoms with Gasteiger partial charge < -0.3 is 15.8 Å². The van der Waals surface area contributed by atoms with Gasteiger partial charge in [-0.05, 0) is 36.4 Å². The van der Waals surface area contributed by atoms with E-state index >= 15 is 0 Å². The van der Waals surface area contributed by atoms with Crippen LogP contribution >= 0.6 is 0 Å². The van der Waals surface area contributed by atoms with Crippen LogP contribution in [-0.4, -0.2) is 33.4 Å². The van der Waals surface area contributed by atoms with E-state index in [4.69, 9.17) is 10.5 Å². The molecular weight excluding hydrogens is 439 g/mol. The van der Waals surface area contributed by atoms with Gasteiger partial charge >= 0.3 is 6.18 Å². The maximum absolute atomic E-state index is 13.1. The number of fused-ring (bicyclic) bond motifs is 1. The molecule has 33 heavy (non-hydrogen) atoms. The number of ether oxygens (including phenoxy) is 1. The minimum absolute atomic E-state index is 0.0331. The third kappa shape index (κ3) is 4.33. The van der Waals surface area contributed by atoms with E-state index in [1.54, 1.807) is 30.3 Å². The molecule has 3 N–H and O–H groups in total. The number of imidazole rings is 1. The quantitative estimate of drug-likeness (QED) is 0.477. The minimum atomic E-state index is -4.56. The molecule has 2 amide bonds. The number of hydrogen-bond donors (Lipinski definition) is 2. The number of carbonyl (C=O) groups excluding carboxylic acids is 2. The molecule has 4 rings (SSSR count). The van der Waals surface area contributed by atoms with Gasteiger partial charge in [0.15, 0.2) is 0 Å². The monoisotopic (exact) mass is 455 g/mol. The van der Waals surface area contributed by atoms with E-state index in [0.717, 1.165) is 12.1 Å². The first-order valence-corrected chi connectivity index (χ1v) is 9.53. The van der Waals surface area contributed by atoms with E-state index in [9.17, 15) is 22.8 Å². The van der Waals surface area contributed by atoms with Crippen LogP contribution in [0.2, 0.25) is 0 Å². The van der Waals surface area contributed by atoms with Gasteiger partial charge in [0.05, 0.1) is 22.3 Å². The number of benzene rings is 2. The fourth-order valence-electron chi connectivity index (χ4n) is 3.23. The molecule has 8 nitrogen and oxygen atoms in total. The molecule has 0 saturated heterocycles. The van der Waals surface area contributed by atoms with Crippen molar-refractivity contribution < 1.29 is 27.5 Å². The lowest BCUT2D eigenvalue weighted by atomic mass is 10.2. The van der Waals surface area contributed by atoms with Gasteiger partial charge in [-0.2, -0.15) is 13.2 Å². The molecule has 4 aromatic rings. The molecule has 11 heteroatoms. The van der Waals surface area contributed by atoms with Crippen LogP contribution < -0.4 is 15.8 Å². The van der Waals surface area contributed by atoms with E-state index in [2.05, 4.69) is 15.3 Å². The molecule has 0 aliphatic carbocycles. The largest absolute Gasteiger partial charge is 0.457 e. The lowest BCUT2D eigenvalue weighted by Crippen LogP contribution is -2.18. The van der Waals surface area contributed by atoms with Crippen LogP contribution in [0.1, 0.15) is 26.7 Å². The highest BCUT2D eigenvalue weighted by Crippen LogP contribution is 2.33. The molecule has 0 bridgehead atoms. The van der Waals surface area contributed by atoms with E-state index in [0.29, 0.717) is 17.2 Å². The Bertz CT molecular complexity index is 1380. The van der Waals surface area contributed by atoms with Gasteiger partial charge in [-0.15, -0.1) is 0 Å². The number of alkyl halides is 3. The molecule has 2 aromatic carbocycles. The number of nitrogens with zero attached hydrogens (tertiary/aromatic N) is 3. The number of primary amides is 1. The summed E-state index contributed by atoms with van der Waals surface area (Å²) in [6.45, 7) is 0. The third-order valence-electron chi connectivity index (χ3n) is 4.70. The van der Waals surface area contributed by atoms with Crippen LogP contribution in [0, 0.1) is 0 Å². The molecule has 2 aromatic heterocycles. The Morgan fingerprint density at radius 3 is 2.52 bits per heavy atom. The van der Waals surface area contributed by atoms with E-state index in [-0.39, 0.29) is 28.5 Å². The van der Waals surface area contributed by atoms with Gasteiger partial charge in [0, 0.05) is 25.4 Å². The van der Waals surface area contributed by atoms with Crippen molar-refractivity contribution >= 4 is 22.8 Å². The number of nitrogens with two attached hydrogens (primary N) is 1. The molecule has 0 aliphatic heterocycles. The number of amides is 2. The van der Waals surface area contributed by atoms with Gasteiger partial charge in [-0.1, -0.05) is 6.07 Å². The molecule has 0 unspecified atom stereocenters. The summed E-state index contributed by atoms with van der Waals surface area (Å²) in [5, 5.41) is 2.47. The zero-order valence-electron chi connectivity index (χ0n) is 17.1. The fourth-order valence-corrected chi connectivity index (χ4v) is 3.23. The predicted octanol–water partition coefficient (Wildman–Crippen LogP) is 3.69. The van der Waals surface area contributed by atoms with Gasteiger partial charge in [-0.25, -0.2) is 4.98 Å². The molecule has 0 atom stereocenters. The summed E-state index contributed by atoms with van der Waals surface area (Å²) >= 11 is 0. The van der Waals surface area contributed by atoms with E-state index in [1.807, 2.05) is 0 Å². The highest BCUT2D eigenvalue weighted by atomic mass is 19.4. The van der Waals surface area contributed by atoms with Crippen molar-refractivity contribution in [2.75, 3.05) is 7.05 Å². The normalized spacial score (nSPS) is 11.4. The Labute approximate surface area is 184 Å². The molecule has 0 radical (unpaired) electrons. The smallest absolute Gasteiger partial charge is 0.416 e. The van der Waals surface area contributed by atoms with E-state index in [1.165, 1.54) is 29.9 Å². The van der Waals surface area contributed by atoms with Gasteiger partial charge in [0.25, 0.3) is 11.8 Å². The van der Waals surface area contributed by atoms with Crippen LogP contribution in [0.5, 0.6) is 11.5 Å². The topological polar surface area (TPSA) is 112 Å². The number of aromatic nitrogens is 3. The summed E-state index contributed by atoms with van der Waals surface area (Å²) in [4.78, 5) is 31.8. The van der Waals surface area contributed by atoms with Gasteiger partial charge in [-0.3, -0.25) is 19.1 Å². The summed E-state index contributed by atoms with van der Waals surface area (Å²) in [6, 6.07) is 12.4. The maximum Gasteiger partial charge on any atom is 0.416 e. The first-order valence-electron chi connectivity index (χ1n) is 9.53. The molecule has 2 heterocycles. The Morgan fingerprint density at radius 1 is 1.06 bits per heavy atom. The molecule has 0 spiro atoms. The van der Waals surface area contributed by atoms with Crippen molar-refractivity contribution in [3.63, 3.8) is 0 Å². The SMILES string of the molecule is CNC(=O)c1cc(Oc2cccc(-n3c(C(N)=O)nc4cc(C(F)(F)F)ccc43)c2)ccn1. The van der Waals surface area contributed by atoms with Gasteiger partial charge in [0.1, 0.15) is 17.2 Å². The van der Waals surface area contributed by atoms with Crippen molar-refractivity contribution in [2.45, 2.75) is 6.18 Å². The minimum Gasteiger partial charge on any atom is -0.457 e. The first kappa shape index (κ1) is 21.8. The fraction of sp³-hybridized carbons (Fsp3) is 0.0909. The number of nitrogens with one attached hydrogen (secondary N) is 1. The predicted molar refractivity (Wildman–Crippen MR) is 112 cm³/mol. The Kier molecular flexibility index (Phi) is 5.46. The number of carbonyl (C=O) groups is 2. The van der Waals surface area contributed by atoms with Crippen molar-refractivity contribution in [2.24, 2.45) is 5.73 Å². The zero-order valence-corrected chi connectivity index (χ0v) is 17.1. The number of halogens is 3. The number of pyridine rings is 1. The van der Waals surface area contributed by atoms with Gasteiger partial charge in [0.2, 0.25) is 5.82 Å². The summed E-state index contributed by atoms with van der Waals surface area (Å²) in [7, 11) is 1.48. The second kappa shape index (κ2) is 8.26.